The van der Waals surface area contributed by atoms with E-state index in [-0.39, 0.29) is 10.8 Å². The van der Waals surface area contributed by atoms with Crippen molar-refractivity contribution in [3.8, 4) is 11.4 Å². The van der Waals surface area contributed by atoms with Gasteiger partial charge >= 0.3 is 0 Å². The Hall–Kier alpha value is -9.38. The SMILES string of the molecule is CC1(C)c2ccccc2N(c2cc3c4ccccc4c(N4c5ccccc5C(C)(C)c5cc6c7ccccc7n(-c7ccccc7)c6cc54)cc3c3ccccc23)c2cc3c(cc21)c1ccccc1n3-c1ccccc1. The van der Waals surface area contributed by atoms with Crippen molar-refractivity contribution in [1.29, 1.82) is 0 Å². The van der Waals surface area contributed by atoms with Crippen LogP contribution in [-0.4, -0.2) is 9.13 Å². The van der Waals surface area contributed by atoms with Crippen molar-refractivity contribution in [3.63, 3.8) is 0 Å². The molecule has 0 fully saturated rings. The van der Waals surface area contributed by atoms with Crippen LogP contribution in [0.25, 0.3) is 87.3 Å². The van der Waals surface area contributed by atoms with Crippen molar-refractivity contribution in [3.05, 3.63) is 265 Å². The Labute approximate surface area is 441 Å². The maximum absolute atomic E-state index is 2.59. The molecule has 0 radical (unpaired) electrons. The largest absolute Gasteiger partial charge is 0.309 e. The molecule has 4 heteroatoms. The number of fused-ring (bicyclic) bond motifs is 15. The van der Waals surface area contributed by atoms with Crippen LogP contribution in [0.1, 0.15) is 49.9 Å². The highest BCUT2D eigenvalue weighted by molar-refractivity contribution is 6.25. The number of benzene rings is 12. The van der Waals surface area contributed by atoms with E-state index in [1.807, 2.05) is 0 Å². The van der Waals surface area contributed by atoms with Gasteiger partial charge in [0.2, 0.25) is 0 Å². The summed E-state index contributed by atoms with van der Waals surface area (Å²) in [5.74, 6) is 0. The van der Waals surface area contributed by atoms with Gasteiger partial charge < -0.3 is 18.9 Å². The number of aromatic nitrogens is 2. The average molecular weight is 973 g/mol. The van der Waals surface area contributed by atoms with E-state index in [0.717, 1.165) is 11.4 Å². The normalized spacial score (nSPS) is 14.5. The molecule has 14 aromatic rings. The Morgan fingerprint density at radius 1 is 0.224 bits per heavy atom. The molecule has 4 nitrogen and oxygen atoms in total. The molecule has 0 bridgehead atoms. The lowest BCUT2D eigenvalue weighted by Gasteiger charge is -2.43. The van der Waals surface area contributed by atoms with E-state index in [4.69, 9.17) is 0 Å². The summed E-state index contributed by atoms with van der Waals surface area (Å²) in [6.07, 6.45) is 0. The van der Waals surface area contributed by atoms with E-state index < -0.39 is 0 Å². The highest BCUT2D eigenvalue weighted by Gasteiger charge is 2.40. The van der Waals surface area contributed by atoms with Gasteiger partial charge in [0.25, 0.3) is 0 Å². The molecule has 0 amide bonds. The van der Waals surface area contributed by atoms with Crippen LogP contribution in [-0.2, 0) is 10.8 Å². The Kier molecular flexibility index (Phi) is 8.83. The molecule has 2 aliphatic rings. The zero-order valence-corrected chi connectivity index (χ0v) is 42.9. The topological polar surface area (TPSA) is 16.3 Å². The van der Waals surface area contributed by atoms with Crippen LogP contribution < -0.4 is 9.80 Å². The van der Waals surface area contributed by atoms with Gasteiger partial charge in [-0.2, -0.15) is 0 Å². The number of rotatable bonds is 4. The van der Waals surface area contributed by atoms with Gasteiger partial charge in [-0.25, -0.2) is 0 Å². The van der Waals surface area contributed by atoms with Crippen LogP contribution in [0, 0.1) is 0 Å². The molecule has 0 saturated carbocycles. The second-order valence-corrected chi connectivity index (χ2v) is 22.1. The number of anilines is 6. The first-order chi connectivity index (χ1) is 37.3. The molecule has 0 spiro atoms. The summed E-state index contributed by atoms with van der Waals surface area (Å²) in [7, 11) is 0. The van der Waals surface area contributed by atoms with Gasteiger partial charge in [0, 0.05) is 54.5 Å². The third kappa shape index (κ3) is 5.79. The molecule has 0 saturated heterocycles. The molecule has 0 aliphatic carbocycles. The highest BCUT2D eigenvalue weighted by atomic mass is 15.2. The third-order valence-electron chi connectivity index (χ3n) is 17.4. The van der Waals surface area contributed by atoms with Gasteiger partial charge in [-0.15, -0.1) is 0 Å². The van der Waals surface area contributed by atoms with Gasteiger partial charge in [-0.3, -0.25) is 0 Å². The van der Waals surface area contributed by atoms with E-state index in [2.05, 4.69) is 289 Å². The van der Waals surface area contributed by atoms with Crippen molar-refractivity contribution in [2.45, 2.75) is 38.5 Å². The highest BCUT2D eigenvalue weighted by Crippen LogP contribution is 2.58. The Bertz CT molecular complexity index is 4460. The fraction of sp³-hybridized carbons (Fsp3) is 0.0833. The summed E-state index contributed by atoms with van der Waals surface area (Å²) < 4.78 is 4.91. The predicted molar refractivity (Wildman–Crippen MR) is 321 cm³/mol. The molecular formula is C72H52N4. The van der Waals surface area contributed by atoms with Gasteiger partial charge in [0.1, 0.15) is 0 Å². The van der Waals surface area contributed by atoms with Crippen LogP contribution in [0.2, 0.25) is 0 Å². The zero-order chi connectivity index (χ0) is 50.6. The Balaban J connectivity index is 0.988. The minimum absolute atomic E-state index is 0.280. The van der Waals surface area contributed by atoms with Gasteiger partial charge in [-0.1, -0.05) is 185 Å². The molecule has 2 aromatic heterocycles. The quantitative estimate of drug-likeness (QED) is 0.163. The summed E-state index contributed by atoms with van der Waals surface area (Å²) >= 11 is 0. The summed E-state index contributed by atoms with van der Waals surface area (Å²) in [6.45, 7) is 9.62. The Morgan fingerprint density at radius 2 is 0.566 bits per heavy atom. The predicted octanol–water partition coefficient (Wildman–Crippen LogP) is 19.6. The summed E-state index contributed by atoms with van der Waals surface area (Å²) in [4.78, 5) is 5.17. The number of para-hydroxylation sites is 6. The maximum atomic E-state index is 2.59. The van der Waals surface area contributed by atoms with Crippen molar-refractivity contribution in [2.75, 3.05) is 9.80 Å². The molecular weight excluding hydrogens is 921 g/mol. The van der Waals surface area contributed by atoms with E-state index >= 15 is 0 Å². The second-order valence-electron chi connectivity index (χ2n) is 22.1. The van der Waals surface area contributed by atoms with Crippen LogP contribution in [0.3, 0.4) is 0 Å². The monoisotopic (exact) mass is 972 g/mol. The molecule has 360 valence electrons. The minimum Gasteiger partial charge on any atom is -0.309 e. The van der Waals surface area contributed by atoms with E-state index in [1.54, 1.807) is 0 Å². The summed E-state index contributed by atoms with van der Waals surface area (Å²) in [5, 5.41) is 12.3. The minimum atomic E-state index is -0.280. The van der Waals surface area contributed by atoms with E-state index in [0.29, 0.717) is 0 Å². The van der Waals surface area contributed by atoms with Crippen LogP contribution >= 0.6 is 0 Å². The lowest BCUT2D eigenvalue weighted by Crippen LogP contribution is -2.31. The molecule has 12 aromatic carbocycles. The molecule has 4 heterocycles. The molecule has 2 aliphatic heterocycles. The average Bonchev–Trinajstić information content (AvgIpc) is 4.07. The summed E-state index contributed by atoms with van der Waals surface area (Å²) in [6, 6.07) is 90.9. The van der Waals surface area contributed by atoms with Crippen molar-refractivity contribution in [2.24, 2.45) is 0 Å². The molecule has 0 N–H and O–H groups in total. The Morgan fingerprint density at radius 3 is 0.987 bits per heavy atom. The third-order valence-corrected chi connectivity index (χ3v) is 17.4. The van der Waals surface area contributed by atoms with Crippen LogP contribution in [0.15, 0.2) is 243 Å². The smallest absolute Gasteiger partial charge is 0.0562 e. The molecule has 0 atom stereocenters. The number of hydrogen-bond donors (Lipinski definition) is 0. The van der Waals surface area contributed by atoms with E-state index in [1.165, 1.54) is 132 Å². The fourth-order valence-corrected chi connectivity index (χ4v) is 13.8. The van der Waals surface area contributed by atoms with Crippen LogP contribution in [0.5, 0.6) is 0 Å². The molecule has 0 unspecified atom stereocenters. The van der Waals surface area contributed by atoms with Crippen molar-refractivity contribution < 1.29 is 0 Å². The van der Waals surface area contributed by atoms with Gasteiger partial charge in [-0.05, 0) is 129 Å². The number of hydrogen-bond acceptors (Lipinski definition) is 2. The van der Waals surface area contributed by atoms with Crippen LogP contribution in [0.4, 0.5) is 34.1 Å². The molecule has 16 rings (SSSR count). The first-order valence-corrected chi connectivity index (χ1v) is 26.7. The lowest BCUT2D eigenvalue weighted by molar-refractivity contribution is 0.633. The zero-order valence-electron chi connectivity index (χ0n) is 42.9. The van der Waals surface area contributed by atoms with E-state index in [9.17, 15) is 0 Å². The maximum Gasteiger partial charge on any atom is 0.0562 e. The fourth-order valence-electron chi connectivity index (χ4n) is 13.8. The first kappa shape index (κ1) is 43.1. The van der Waals surface area contributed by atoms with Gasteiger partial charge in [0.15, 0.2) is 0 Å². The second kappa shape index (κ2) is 15.6. The van der Waals surface area contributed by atoms with Crippen molar-refractivity contribution in [1.82, 2.24) is 9.13 Å². The lowest BCUT2D eigenvalue weighted by atomic mass is 9.73. The number of nitrogens with zero attached hydrogens (tertiary/aromatic N) is 4. The summed E-state index contributed by atoms with van der Waals surface area (Å²) in [5.41, 5.74) is 18.9. The van der Waals surface area contributed by atoms with Crippen molar-refractivity contribution >= 4 is 110 Å². The first-order valence-electron chi connectivity index (χ1n) is 26.7. The van der Waals surface area contributed by atoms with Gasteiger partial charge in [0.05, 0.1) is 56.2 Å². The molecule has 76 heavy (non-hydrogen) atoms. The standard InChI is InChI=1S/C72H52N4/c1-71(2)57-33-17-21-37-63(57)75(69-43-67-55(39-59(69)71)51-31-15-19-35-61(51)73(67)45-23-7-5-8-24-45)65-41-53-48-28-12-14-30-50(48)66(42-54(53)47-27-11-13-29-49(47)65)76-64-38-22-18-34-58(64)72(3,4)60-40-56-52-32-16-20-36-62(52)74(68(56)44-70(60)76)46-25-9-6-10-26-46/h5-44H,1-4H3.